The second-order valence-corrected chi connectivity index (χ2v) is 4.97. The number of esters is 1. The van der Waals surface area contributed by atoms with Gasteiger partial charge < -0.3 is 14.6 Å². The number of hydrogen-bond donors (Lipinski definition) is 0. The predicted molar refractivity (Wildman–Crippen MR) is 77.7 cm³/mol. The summed E-state index contributed by atoms with van der Waals surface area (Å²) in [4.78, 5) is 22.0. The highest BCUT2D eigenvalue weighted by atomic mass is 16.5. The molecule has 0 aliphatic carbocycles. The third-order valence-electron chi connectivity index (χ3n) is 3.60. The lowest BCUT2D eigenvalue weighted by molar-refractivity contribution is -0.255. The number of methoxy groups -OCH3 is 1. The summed E-state index contributed by atoms with van der Waals surface area (Å²) in [6.07, 6.45) is 0.856. The van der Waals surface area contributed by atoms with Gasteiger partial charge in [0.2, 0.25) is 0 Å². The molecule has 1 heterocycles. The SMILES string of the molecule is COC(=O)CCc1c(C)nn(-c2ccc(C(=O)[O-])cc2)c1C. The van der Waals surface area contributed by atoms with Gasteiger partial charge in [-0.15, -0.1) is 0 Å². The van der Waals surface area contributed by atoms with E-state index in [-0.39, 0.29) is 11.5 Å². The van der Waals surface area contributed by atoms with Crippen LogP contribution in [-0.2, 0) is 16.0 Å². The topological polar surface area (TPSA) is 84.2 Å². The predicted octanol–water partition coefficient (Wildman–Crippen LogP) is 0.958. The Morgan fingerprint density at radius 2 is 1.86 bits per heavy atom. The van der Waals surface area contributed by atoms with E-state index in [9.17, 15) is 14.7 Å². The van der Waals surface area contributed by atoms with E-state index in [1.807, 2.05) is 13.8 Å². The van der Waals surface area contributed by atoms with Gasteiger partial charge >= 0.3 is 5.97 Å². The van der Waals surface area contributed by atoms with Gasteiger partial charge in [0.15, 0.2) is 0 Å². The first-order valence-corrected chi connectivity index (χ1v) is 6.87. The molecule has 0 fully saturated rings. The number of aromatic carboxylic acids is 1. The van der Waals surface area contributed by atoms with Gasteiger partial charge in [-0.25, -0.2) is 4.68 Å². The highest BCUT2D eigenvalue weighted by Gasteiger charge is 2.14. The minimum absolute atomic E-state index is 0.121. The molecule has 2 aromatic rings. The smallest absolute Gasteiger partial charge is 0.305 e. The average molecular weight is 301 g/mol. The van der Waals surface area contributed by atoms with Gasteiger partial charge in [0, 0.05) is 12.1 Å². The number of ether oxygens (including phenoxy) is 1. The minimum atomic E-state index is -1.21. The molecule has 0 amide bonds. The van der Waals surface area contributed by atoms with Crippen molar-refractivity contribution in [3.05, 3.63) is 46.8 Å². The summed E-state index contributed by atoms with van der Waals surface area (Å²) in [5.74, 6) is -1.47. The first-order chi connectivity index (χ1) is 10.4. The van der Waals surface area contributed by atoms with E-state index >= 15 is 0 Å². The van der Waals surface area contributed by atoms with Crippen molar-refractivity contribution in [1.29, 1.82) is 0 Å². The lowest BCUT2D eigenvalue weighted by atomic mass is 10.1. The van der Waals surface area contributed by atoms with Gasteiger partial charge in [0.05, 0.1) is 24.5 Å². The molecule has 0 saturated heterocycles. The number of hydrogen-bond acceptors (Lipinski definition) is 5. The molecule has 116 valence electrons. The standard InChI is InChI=1S/C16H18N2O4/c1-10-14(8-9-15(19)22-3)11(2)18(17-10)13-6-4-12(5-7-13)16(20)21/h4-7H,8-9H2,1-3H3,(H,20,21)/p-1. The molecule has 0 saturated carbocycles. The average Bonchev–Trinajstić information content (AvgIpc) is 2.79. The third kappa shape index (κ3) is 3.16. The second-order valence-electron chi connectivity index (χ2n) is 4.97. The van der Waals surface area contributed by atoms with Crippen LogP contribution in [-0.4, -0.2) is 28.8 Å². The Kier molecular flexibility index (Phi) is 4.60. The molecule has 6 heteroatoms. The van der Waals surface area contributed by atoms with Gasteiger partial charge in [0.1, 0.15) is 0 Å². The monoisotopic (exact) mass is 301 g/mol. The van der Waals surface area contributed by atoms with Crippen molar-refractivity contribution < 1.29 is 19.4 Å². The van der Waals surface area contributed by atoms with Crippen molar-refractivity contribution in [2.45, 2.75) is 26.7 Å². The van der Waals surface area contributed by atoms with Crippen molar-refractivity contribution in [2.24, 2.45) is 0 Å². The summed E-state index contributed by atoms with van der Waals surface area (Å²) in [5.41, 5.74) is 3.63. The summed E-state index contributed by atoms with van der Waals surface area (Å²) >= 11 is 0. The van der Waals surface area contributed by atoms with Crippen LogP contribution in [0.1, 0.15) is 33.7 Å². The van der Waals surface area contributed by atoms with Crippen LogP contribution in [0.4, 0.5) is 0 Å². The number of rotatable bonds is 5. The zero-order valence-electron chi connectivity index (χ0n) is 12.8. The molecule has 2 rings (SSSR count). The number of carboxylic acids is 1. The molecular weight excluding hydrogens is 284 g/mol. The van der Waals surface area contributed by atoms with Gasteiger partial charge in [-0.05, 0) is 43.5 Å². The first kappa shape index (κ1) is 15.8. The molecule has 1 aromatic heterocycles. The molecule has 22 heavy (non-hydrogen) atoms. The molecule has 0 bridgehead atoms. The fourth-order valence-corrected chi connectivity index (χ4v) is 2.36. The lowest BCUT2D eigenvalue weighted by Crippen LogP contribution is -2.22. The Balaban J connectivity index is 2.29. The number of aromatic nitrogens is 2. The third-order valence-corrected chi connectivity index (χ3v) is 3.60. The molecule has 6 nitrogen and oxygen atoms in total. The lowest BCUT2D eigenvalue weighted by Gasteiger charge is -2.07. The second kappa shape index (κ2) is 6.43. The van der Waals surface area contributed by atoms with Crippen LogP contribution < -0.4 is 5.11 Å². The highest BCUT2D eigenvalue weighted by Crippen LogP contribution is 2.19. The number of carboxylic acid groups (broad SMARTS) is 1. The molecule has 0 atom stereocenters. The maximum atomic E-state index is 11.3. The van der Waals surface area contributed by atoms with Crippen molar-refractivity contribution in [2.75, 3.05) is 7.11 Å². The first-order valence-electron chi connectivity index (χ1n) is 6.87. The Bertz CT molecular complexity index is 702. The fourth-order valence-electron chi connectivity index (χ4n) is 2.36. The van der Waals surface area contributed by atoms with E-state index in [1.165, 1.54) is 19.2 Å². The number of benzene rings is 1. The van der Waals surface area contributed by atoms with Crippen LogP contribution in [0.3, 0.4) is 0 Å². The summed E-state index contributed by atoms with van der Waals surface area (Å²) in [7, 11) is 1.37. The quantitative estimate of drug-likeness (QED) is 0.768. The number of carbonyl (C=O) groups excluding carboxylic acids is 2. The molecule has 0 N–H and O–H groups in total. The van der Waals surface area contributed by atoms with Crippen molar-refractivity contribution in [3.63, 3.8) is 0 Å². The van der Waals surface area contributed by atoms with Crippen molar-refractivity contribution in [1.82, 2.24) is 9.78 Å². The summed E-state index contributed by atoms with van der Waals surface area (Å²) in [6, 6.07) is 6.31. The Morgan fingerprint density at radius 1 is 1.23 bits per heavy atom. The molecule has 0 aliphatic heterocycles. The van der Waals surface area contributed by atoms with E-state index in [4.69, 9.17) is 0 Å². The highest BCUT2D eigenvalue weighted by molar-refractivity contribution is 5.85. The van der Waals surface area contributed by atoms with Gasteiger partial charge in [-0.3, -0.25) is 4.79 Å². The van der Waals surface area contributed by atoms with E-state index in [2.05, 4.69) is 9.84 Å². The van der Waals surface area contributed by atoms with Crippen LogP contribution in [0.2, 0.25) is 0 Å². The Hall–Kier alpha value is -2.63. The largest absolute Gasteiger partial charge is 0.545 e. The van der Waals surface area contributed by atoms with Crippen LogP contribution >= 0.6 is 0 Å². The Labute approximate surface area is 128 Å². The number of aryl methyl sites for hydroxylation is 1. The summed E-state index contributed by atoms with van der Waals surface area (Å²) in [5, 5.41) is 15.2. The van der Waals surface area contributed by atoms with Crippen LogP contribution in [0.15, 0.2) is 24.3 Å². The zero-order valence-corrected chi connectivity index (χ0v) is 12.8. The van der Waals surface area contributed by atoms with E-state index < -0.39 is 5.97 Å². The molecule has 0 unspecified atom stereocenters. The van der Waals surface area contributed by atoms with E-state index in [0.29, 0.717) is 12.8 Å². The molecular formula is C16H17N2O4-. The maximum absolute atomic E-state index is 11.3. The van der Waals surface area contributed by atoms with Crippen LogP contribution in [0.25, 0.3) is 5.69 Å². The van der Waals surface area contributed by atoms with E-state index in [0.717, 1.165) is 22.6 Å². The Morgan fingerprint density at radius 3 is 2.41 bits per heavy atom. The molecule has 1 aromatic carbocycles. The molecule has 0 radical (unpaired) electrons. The van der Waals surface area contributed by atoms with E-state index in [1.54, 1.807) is 16.8 Å². The van der Waals surface area contributed by atoms with Gasteiger partial charge in [-0.1, -0.05) is 12.1 Å². The van der Waals surface area contributed by atoms with Crippen LogP contribution in [0, 0.1) is 13.8 Å². The zero-order chi connectivity index (χ0) is 16.3. The normalized spacial score (nSPS) is 10.5. The fraction of sp³-hybridized carbons (Fsp3) is 0.312. The minimum Gasteiger partial charge on any atom is -0.545 e. The number of carbonyl (C=O) groups is 2. The van der Waals surface area contributed by atoms with Gasteiger partial charge in [0.25, 0.3) is 0 Å². The van der Waals surface area contributed by atoms with Crippen LogP contribution in [0.5, 0.6) is 0 Å². The number of nitrogens with zero attached hydrogens (tertiary/aromatic N) is 2. The summed E-state index contributed by atoms with van der Waals surface area (Å²) in [6.45, 7) is 3.80. The van der Waals surface area contributed by atoms with Crippen molar-refractivity contribution >= 4 is 11.9 Å². The van der Waals surface area contributed by atoms with Crippen molar-refractivity contribution in [3.8, 4) is 5.69 Å². The summed E-state index contributed by atoms with van der Waals surface area (Å²) < 4.78 is 6.39. The molecule has 0 aliphatic rings. The maximum Gasteiger partial charge on any atom is 0.305 e. The van der Waals surface area contributed by atoms with Gasteiger partial charge in [-0.2, -0.15) is 5.10 Å². The molecule has 0 spiro atoms.